The van der Waals surface area contributed by atoms with Gasteiger partial charge >= 0.3 is 0 Å². The quantitative estimate of drug-likeness (QED) is 0.431. The number of ketones is 3. The molecule has 30 heavy (non-hydrogen) atoms. The summed E-state index contributed by atoms with van der Waals surface area (Å²) in [4.78, 5) is 67.3. The minimum absolute atomic E-state index is 0.0353. The summed E-state index contributed by atoms with van der Waals surface area (Å²) in [5.41, 5.74) is 0.504. The number of carbonyl (C=O) groups is 5. The highest BCUT2D eigenvalue weighted by molar-refractivity contribution is 6.24. The van der Waals surface area contributed by atoms with Crippen molar-refractivity contribution in [2.75, 3.05) is 0 Å². The van der Waals surface area contributed by atoms with Crippen LogP contribution in [0.4, 0.5) is 0 Å². The number of aryl methyl sites for hydroxylation is 1. The second-order valence-corrected chi connectivity index (χ2v) is 7.90. The average Bonchev–Trinajstić information content (AvgIpc) is 3.00. The van der Waals surface area contributed by atoms with Gasteiger partial charge in [0.05, 0.1) is 17.5 Å². The van der Waals surface area contributed by atoms with Gasteiger partial charge in [0, 0.05) is 30.8 Å². The third-order valence-corrected chi connectivity index (χ3v) is 5.94. The van der Waals surface area contributed by atoms with Crippen LogP contribution in [0.2, 0.25) is 0 Å². The van der Waals surface area contributed by atoms with E-state index in [4.69, 9.17) is 0 Å². The second-order valence-electron chi connectivity index (χ2n) is 7.90. The van der Waals surface area contributed by atoms with Gasteiger partial charge in [0.1, 0.15) is 11.3 Å². The Balaban J connectivity index is 1.54. The number of fused-ring (bicyclic) bond motifs is 1. The minimum Gasteiger partial charge on any atom is -0.299 e. The molecule has 1 saturated carbocycles. The Morgan fingerprint density at radius 3 is 2.43 bits per heavy atom. The van der Waals surface area contributed by atoms with E-state index < -0.39 is 23.1 Å². The van der Waals surface area contributed by atoms with E-state index in [1.807, 2.05) is 0 Å². The van der Waals surface area contributed by atoms with Gasteiger partial charge in [-0.2, -0.15) is 0 Å². The largest absolute Gasteiger partial charge is 0.299 e. The van der Waals surface area contributed by atoms with E-state index in [2.05, 4.69) is 4.98 Å². The van der Waals surface area contributed by atoms with Crippen LogP contribution in [0.15, 0.2) is 42.7 Å². The summed E-state index contributed by atoms with van der Waals surface area (Å²) >= 11 is 0. The molecule has 2 aromatic rings. The van der Waals surface area contributed by atoms with Crippen molar-refractivity contribution in [3.05, 3.63) is 65.0 Å². The zero-order valence-electron chi connectivity index (χ0n) is 16.5. The first-order valence-corrected chi connectivity index (χ1v) is 9.81. The van der Waals surface area contributed by atoms with E-state index in [1.165, 1.54) is 0 Å². The molecule has 1 aliphatic carbocycles. The molecule has 0 bridgehead atoms. The number of pyridine rings is 1. The fourth-order valence-electron chi connectivity index (χ4n) is 4.05. The number of imide groups is 1. The van der Waals surface area contributed by atoms with E-state index in [9.17, 15) is 24.0 Å². The summed E-state index contributed by atoms with van der Waals surface area (Å²) in [5, 5.41) is 0. The molecule has 4 rings (SSSR count). The Kier molecular flexibility index (Phi) is 4.89. The molecule has 0 unspecified atom stereocenters. The number of nitrogens with zero attached hydrogens (tertiary/aromatic N) is 2. The van der Waals surface area contributed by atoms with Crippen LogP contribution in [0.3, 0.4) is 0 Å². The molecule has 0 radical (unpaired) electrons. The zero-order valence-corrected chi connectivity index (χ0v) is 16.5. The number of amides is 2. The maximum atomic E-state index is 13.0. The van der Waals surface area contributed by atoms with Crippen molar-refractivity contribution < 1.29 is 24.0 Å². The number of rotatable bonds is 5. The number of carbonyl (C=O) groups excluding carboxylic acids is 5. The lowest BCUT2D eigenvalue weighted by Crippen LogP contribution is -2.57. The lowest BCUT2D eigenvalue weighted by atomic mass is 9.80. The molecule has 1 aliphatic heterocycles. The topological polar surface area (TPSA) is 101 Å². The number of hydrogen-bond acceptors (Lipinski definition) is 6. The van der Waals surface area contributed by atoms with Gasteiger partial charge in [0.25, 0.3) is 11.8 Å². The molecule has 1 atom stereocenters. The summed E-state index contributed by atoms with van der Waals surface area (Å²) in [6.07, 6.45) is 3.84. The summed E-state index contributed by atoms with van der Waals surface area (Å²) in [6.45, 7) is 1.55. The highest BCUT2D eigenvalue weighted by Crippen LogP contribution is 2.36. The van der Waals surface area contributed by atoms with Gasteiger partial charge in [-0.25, -0.2) is 0 Å². The smallest absolute Gasteiger partial charge is 0.262 e. The van der Waals surface area contributed by atoms with Crippen LogP contribution in [0, 0.1) is 0 Å². The molecule has 0 N–H and O–H groups in total. The molecule has 1 aromatic carbocycles. The Hall–Kier alpha value is -3.48. The van der Waals surface area contributed by atoms with Crippen LogP contribution in [-0.4, -0.2) is 44.6 Å². The van der Waals surface area contributed by atoms with E-state index >= 15 is 0 Å². The van der Waals surface area contributed by atoms with E-state index in [-0.39, 0.29) is 48.4 Å². The van der Waals surface area contributed by atoms with Gasteiger partial charge in [-0.15, -0.1) is 0 Å². The van der Waals surface area contributed by atoms with E-state index in [0.29, 0.717) is 12.0 Å². The summed E-state index contributed by atoms with van der Waals surface area (Å²) < 4.78 is 0. The predicted molar refractivity (Wildman–Crippen MR) is 106 cm³/mol. The first kappa shape index (κ1) is 19.8. The lowest BCUT2D eigenvalue weighted by Gasteiger charge is -2.38. The van der Waals surface area contributed by atoms with Gasteiger partial charge in [0.2, 0.25) is 0 Å². The molecule has 2 amide bonds. The number of aromatic nitrogens is 1. The van der Waals surface area contributed by atoms with Crippen LogP contribution in [0.1, 0.15) is 69.2 Å². The van der Waals surface area contributed by atoms with Crippen LogP contribution < -0.4 is 0 Å². The van der Waals surface area contributed by atoms with Crippen molar-refractivity contribution in [1.29, 1.82) is 0 Å². The van der Waals surface area contributed by atoms with Gasteiger partial charge in [-0.3, -0.25) is 33.9 Å². The number of hydrogen-bond donors (Lipinski definition) is 0. The van der Waals surface area contributed by atoms with E-state index in [1.54, 1.807) is 49.6 Å². The highest BCUT2D eigenvalue weighted by atomic mass is 16.2. The standard InChI is InChI=1S/C23H20N2O5/c1-23(9-6-16(26)13-20(23)28)25-21(29)17-4-2-14(12-18(17)22(25)30)3-5-19(27)15-7-10-24-11-8-15/h2,4,7-8,10-12H,3,5-6,9,13H2,1H3/t23-/m0/s1. The molecule has 1 fully saturated rings. The molecule has 1 aromatic heterocycles. The van der Waals surface area contributed by atoms with Gasteiger partial charge in [-0.05, 0) is 49.6 Å². The predicted octanol–water partition coefficient (Wildman–Crippen LogP) is 2.57. The first-order chi connectivity index (χ1) is 14.3. The number of Topliss-reactive ketones (excluding diaryl/α,β-unsaturated/α-hetero) is 3. The van der Waals surface area contributed by atoms with Gasteiger partial charge < -0.3 is 0 Å². The highest BCUT2D eigenvalue weighted by Gasteiger charge is 2.52. The molecule has 2 heterocycles. The zero-order chi connectivity index (χ0) is 21.5. The van der Waals surface area contributed by atoms with Gasteiger partial charge in [-0.1, -0.05) is 6.07 Å². The summed E-state index contributed by atoms with van der Waals surface area (Å²) in [6, 6.07) is 8.22. The Labute approximate surface area is 173 Å². The molecule has 0 saturated heterocycles. The Bertz CT molecular complexity index is 1090. The molecule has 0 spiro atoms. The normalized spacial score (nSPS) is 21.2. The summed E-state index contributed by atoms with van der Waals surface area (Å²) in [7, 11) is 0. The molecule has 7 heteroatoms. The van der Waals surface area contributed by atoms with Gasteiger partial charge in [0.15, 0.2) is 11.6 Å². The molecular formula is C23H20N2O5. The monoisotopic (exact) mass is 404 g/mol. The third kappa shape index (κ3) is 3.26. The summed E-state index contributed by atoms with van der Waals surface area (Å²) in [5.74, 6) is -1.65. The minimum atomic E-state index is -1.31. The van der Waals surface area contributed by atoms with Crippen molar-refractivity contribution in [1.82, 2.24) is 9.88 Å². The molecular weight excluding hydrogens is 384 g/mol. The number of benzene rings is 1. The Morgan fingerprint density at radius 1 is 1.03 bits per heavy atom. The maximum absolute atomic E-state index is 13.0. The van der Waals surface area contributed by atoms with E-state index in [0.717, 1.165) is 10.5 Å². The van der Waals surface area contributed by atoms with Crippen molar-refractivity contribution >= 4 is 29.2 Å². The third-order valence-electron chi connectivity index (χ3n) is 5.94. The lowest BCUT2D eigenvalue weighted by molar-refractivity contribution is -0.137. The first-order valence-electron chi connectivity index (χ1n) is 9.81. The van der Waals surface area contributed by atoms with Crippen LogP contribution in [-0.2, 0) is 16.0 Å². The van der Waals surface area contributed by atoms with Crippen molar-refractivity contribution in [2.24, 2.45) is 0 Å². The fraction of sp³-hybridized carbons (Fsp3) is 0.304. The second kappa shape index (κ2) is 7.40. The molecule has 152 valence electrons. The van der Waals surface area contributed by atoms with Crippen molar-refractivity contribution in [2.45, 2.75) is 44.6 Å². The average molecular weight is 404 g/mol. The van der Waals surface area contributed by atoms with Crippen LogP contribution in [0.25, 0.3) is 0 Å². The molecule has 7 nitrogen and oxygen atoms in total. The molecule has 2 aliphatic rings. The van der Waals surface area contributed by atoms with Crippen molar-refractivity contribution in [3.63, 3.8) is 0 Å². The fourth-order valence-corrected chi connectivity index (χ4v) is 4.05. The Morgan fingerprint density at radius 2 is 1.73 bits per heavy atom. The maximum Gasteiger partial charge on any atom is 0.262 e. The van der Waals surface area contributed by atoms with Crippen LogP contribution in [0.5, 0.6) is 0 Å². The van der Waals surface area contributed by atoms with Crippen molar-refractivity contribution in [3.8, 4) is 0 Å². The SMILES string of the molecule is C[C@]1(N2C(=O)c3ccc(CCC(=O)c4ccncc4)cc3C2=O)CCC(=O)CC1=O. The van der Waals surface area contributed by atoms with Crippen LogP contribution >= 0.6 is 0 Å².